The molecule has 0 aromatic heterocycles. The van der Waals surface area contributed by atoms with E-state index in [1.807, 2.05) is 0 Å². The normalized spacial score (nSPS) is 45.0. The molecule has 3 fully saturated rings. The standard InChI is InChI=1S/C12H19NO2/c1-7(14)13-10-6-8-5-9(11(8,2)3)12(10,4)15/h8-9,15H,5-6H2,1-4H3. The third kappa shape index (κ3) is 1.36. The van der Waals surface area contributed by atoms with Crippen molar-refractivity contribution in [3.05, 3.63) is 0 Å². The van der Waals surface area contributed by atoms with E-state index in [0.717, 1.165) is 12.8 Å². The van der Waals surface area contributed by atoms with Gasteiger partial charge in [-0.15, -0.1) is 0 Å². The van der Waals surface area contributed by atoms with E-state index in [9.17, 15) is 9.90 Å². The molecule has 84 valence electrons. The molecule has 3 atom stereocenters. The summed E-state index contributed by atoms with van der Waals surface area (Å²) in [5.41, 5.74) is -0.000894. The molecule has 0 spiro atoms. The molecule has 0 radical (unpaired) electrons. The minimum atomic E-state index is -0.885. The highest BCUT2D eigenvalue weighted by molar-refractivity contribution is 6.01. The predicted octanol–water partition coefficient (Wildman–Crippen LogP) is 1.79. The van der Waals surface area contributed by atoms with Gasteiger partial charge in [-0.1, -0.05) is 13.8 Å². The number of nitrogens with zero attached hydrogens (tertiary/aromatic N) is 1. The number of amides is 1. The zero-order valence-corrected chi connectivity index (χ0v) is 9.87. The second kappa shape index (κ2) is 2.91. The second-order valence-electron chi connectivity index (χ2n) is 5.74. The lowest BCUT2D eigenvalue weighted by molar-refractivity contribution is -0.135. The minimum absolute atomic E-state index is 0.194. The maximum absolute atomic E-state index is 11.0. The summed E-state index contributed by atoms with van der Waals surface area (Å²) in [4.78, 5) is 14.9. The average Bonchev–Trinajstić information content (AvgIpc) is 2.06. The van der Waals surface area contributed by atoms with Crippen molar-refractivity contribution in [1.82, 2.24) is 0 Å². The molecule has 2 bridgehead atoms. The van der Waals surface area contributed by atoms with Gasteiger partial charge in [0.25, 0.3) is 0 Å². The van der Waals surface area contributed by atoms with Gasteiger partial charge in [-0.05, 0) is 37.0 Å². The number of aliphatic imine (C=N–C) groups is 1. The molecule has 3 nitrogen and oxygen atoms in total. The quantitative estimate of drug-likeness (QED) is 0.661. The second-order valence-corrected chi connectivity index (χ2v) is 5.74. The first-order valence-electron chi connectivity index (χ1n) is 5.57. The zero-order chi connectivity index (χ0) is 11.4. The Hall–Kier alpha value is -0.700. The summed E-state index contributed by atoms with van der Waals surface area (Å²) in [6.45, 7) is 7.64. The minimum Gasteiger partial charge on any atom is -0.384 e. The van der Waals surface area contributed by atoms with Crippen molar-refractivity contribution < 1.29 is 9.90 Å². The summed E-state index contributed by atoms with van der Waals surface area (Å²) < 4.78 is 0. The van der Waals surface area contributed by atoms with E-state index in [1.54, 1.807) is 6.92 Å². The van der Waals surface area contributed by atoms with E-state index in [2.05, 4.69) is 18.8 Å². The van der Waals surface area contributed by atoms with Gasteiger partial charge in [0.15, 0.2) is 0 Å². The summed E-state index contributed by atoms with van der Waals surface area (Å²) in [7, 11) is 0. The van der Waals surface area contributed by atoms with E-state index in [0.29, 0.717) is 11.6 Å². The lowest BCUT2D eigenvalue weighted by Crippen LogP contribution is -2.64. The molecule has 3 saturated carbocycles. The van der Waals surface area contributed by atoms with Gasteiger partial charge in [0.2, 0.25) is 5.91 Å². The number of carbonyl (C=O) groups excluding carboxylic acids is 1. The van der Waals surface area contributed by atoms with Crippen LogP contribution in [0.1, 0.15) is 40.5 Å². The average molecular weight is 209 g/mol. The van der Waals surface area contributed by atoms with Crippen LogP contribution in [0, 0.1) is 17.3 Å². The van der Waals surface area contributed by atoms with Crippen LogP contribution in [0.15, 0.2) is 4.99 Å². The van der Waals surface area contributed by atoms with Gasteiger partial charge >= 0.3 is 0 Å². The first-order chi connectivity index (χ1) is 6.76. The molecule has 0 aromatic rings. The molecule has 0 heterocycles. The van der Waals surface area contributed by atoms with Crippen LogP contribution in [0.4, 0.5) is 0 Å². The van der Waals surface area contributed by atoms with Gasteiger partial charge < -0.3 is 5.11 Å². The lowest BCUT2D eigenvalue weighted by Gasteiger charge is -2.62. The molecule has 3 heteroatoms. The van der Waals surface area contributed by atoms with Crippen molar-refractivity contribution in [3.63, 3.8) is 0 Å². The fourth-order valence-corrected chi connectivity index (χ4v) is 3.31. The Morgan fingerprint density at radius 2 is 2.07 bits per heavy atom. The predicted molar refractivity (Wildman–Crippen MR) is 58.7 cm³/mol. The molecule has 0 aromatic carbocycles. The number of rotatable bonds is 0. The highest BCUT2D eigenvalue weighted by atomic mass is 16.3. The van der Waals surface area contributed by atoms with Gasteiger partial charge in [0.1, 0.15) is 5.60 Å². The van der Waals surface area contributed by atoms with Crippen molar-refractivity contribution in [3.8, 4) is 0 Å². The van der Waals surface area contributed by atoms with Gasteiger partial charge in [0, 0.05) is 6.92 Å². The first kappa shape index (κ1) is 10.8. The fourth-order valence-electron chi connectivity index (χ4n) is 3.31. The number of fused-ring (bicyclic) bond motifs is 2. The largest absolute Gasteiger partial charge is 0.384 e. The Kier molecular flexibility index (Phi) is 2.10. The topological polar surface area (TPSA) is 49.7 Å². The first-order valence-corrected chi connectivity index (χ1v) is 5.57. The van der Waals surface area contributed by atoms with E-state index in [4.69, 9.17) is 0 Å². The highest BCUT2D eigenvalue weighted by Gasteiger charge is 2.61. The van der Waals surface area contributed by atoms with Gasteiger partial charge in [-0.25, -0.2) is 4.99 Å². The Balaban J connectivity index is 2.32. The number of aliphatic hydroxyl groups is 1. The van der Waals surface area contributed by atoms with E-state index in [1.165, 1.54) is 6.92 Å². The van der Waals surface area contributed by atoms with E-state index < -0.39 is 5.60 Å². The van der Waals surface area contributed by atoms with Crippen molar-refractivity contribution in [2.75, 3.05) is 0 Å². The van der Waals surface area contributed by atoms with E-state index >= 15 is 0 Å². The molecular weight excluding hydrogens is 190 g/mol. The van der Waals surface area contributed by atoms with Crippen molar-refractivity contribution in [2.45, 2.75) is 46.1 Å². The summed E-state index contributed by atoms with van der Waals surface area (Å²) in [6.07, 6.45) is 1.84. The molecule has 0 aliphatic heterocycles. The molecule has 3 aliphatic rings. The Morgan fingerprint density at radius 3 is 2.47 bits per heavy atom. The van der Waals surface area contributed by atoms with Crippen LogP contribution < -0.4 is 0 Å². The lowest BCUT2D eigenvalue weighted by atomic mass is 9.44. The molecule has 1 amide bonds. The number of carbonyl (C=O) groups is 1. The molecule has 15 heavy (non-hydrogen) atoms. The van der Waals surface area contributed by atoms with Gasteiger partial charge in [-0.3, -0.25) is 4.79 Å². The maximum Gasteiger partial charge on any atom is 0.242 e. The highest BCUT2D eigenvalue weighted by Crippen LogP contribution is 2.61. The summed E-state index contributed by atoms with van der Waals surface area (Å²) in [5, 5.41) is 10.4. The van der Waals surface area contributed by atoms with Crippen molar-refractivity contribution >= 4 is 11.6 Å². The van der Waals surface area contributed by atoms with Crippen LogP contribution in [0.5, 0.6) is 0 Å². The van der Waals surface area contributed by atoms with Crippen molar-refractivity contribution in [2.24, 2.45) is 22.2 Å². The molecule has 3 unspecified atom stereocenters. The smallest absolute Gasteiger partial charge is 0.242 e. The molecular formula is C12H19NO2. The van der Waals surface area contributed by atoms with Gasteiger partial charge in [-0.2, -0.15) is 0 Å². The molecule has 1 N–H and O–H groups in total. The third-order valence-electron chi connectivity index (χ3n) is 4.47. The Bertz CT molecular complexity index is 342. The molecule has 3 aliphatic carbocycles. The summed E-state index contributed by atoms with van der Waals surface area (Å²) in [5.74, 6) is 0.632. The Labute approximate surface area is 90.6 Å². The molecule has 0 saturated heterocycles. The number of hydrogen-bond acceptors (Lipinski definition) is 2. The van der Waals surface area contributed by atoms with Crippen molar-refractivity contribution in [1.29, 1.82) is 0 Å². The Morgan fingerprint density at radius 1 is 1.47 bits per heavy atom. The van der Waals surface area contributed by atoms with Crippen LogP contribution in [-0.4, -0.2) is 22.3 Å². The zero-order valence-electron chi connectivity index (χ0n) is 9.87. The third-order valence-corrected chi connectivity index (χ3v) is 4.47. The van der Waals surface area contributed by atoms with Gasteiger partial charge in [0.05, 0.1) is 5.71 Å². The van der Waals surface area contributed by atoms with Crippen LogP contribution in [0.3, 0.4) is 0 Å². The number of hydrogen-bond donors (Lipinski definition) is 1. The van der Waals surface area contributed by atoms with E-state index in [-0.39, 0.29) is 17.2 Å². The van der Waals surface area contributed by atoms with Crippen LogP contribution in [0.2, 0.25) is 0 Å². The fraction of sp³-hybridized carbons (Fsp3) is 0.833. The molecule has 3 rings (SSSR count). The SMILES string of the molecule is CC(=O)N=C1CC2CC(C1(C)O)C2(C)C. The van der Waals surface area contributed by atoms with Crippen LogP contribution in [0.25, 0.3) is 0 Å². The van der Waals surface area contributed by atoms with Crippen LogP contribution in [-0.2, 0) is 4.79 Å². The monoisotopic (exact) mass is 209 g/mol. The maximum atomic E-state index is 11.0. The summed E-state index contributed by atoms with van der Waals surface area (Å²) in [6, 6.07) is 0. The summed E-state index contributed by atoms with van der Waals surface area (Å²) >= 11 is 0. The van der Waals surface area contributed by atoms with Crippen LogP contribution >= 0.6 is 0 Å².